The number of aromatic nitrogens is 1. The third-order valence-electron chi connectivity index (χ3n) is 3.24. The van der Waals surface area contributed by atoms with E-state index in [4.69, 9.17) is 9.15 Å². The summed E-state index contributed by atoms with van der Waals surface area (Å²) in [4.78, 5) is 17.7. The summed E-state index contributed by atoms with van der Waals surface area (Å²) in [5, 5.41) is 3.89. The van der Waals surface area contributed by atoms with E-state index in [1.807, 2.05) is 12.1 Å². The van der Waals surface area contributed by atoms with Gasteiger partial charge in [-0.1, -0.05) is 0 Å². The van der Waals surface area contributed by atoms with E-state index in [2.05, 4.69) is 20.4 Å². The molecular weight excluding hydrogens is 284 g/mol. The number of rotatable bonds is 4. The van der Waals surface area contributed by atoms with E-state index in [1.165, 1.54) is 6.21 Å². The maximum Gasteiger partial charge on any atom is 0.271 e. The van der Waals surface area contributed by atoms with Gasteiger partial charge >= 0.3 is 0 Å². The van der Waals surface area contributed by atoms with Crippen molar-refractivity contribution in [1.82, 2.24) is 10.4 Å². The molecule has 1 amide bonds. The quantitative estimate of drug-likeness (QED) is 0.679. The van der Waals surface area contributed by atoms with E-state index in [1.54, 1.807) is 24.5 Å². The van der Waals surface area contributed by atoms with Crippen LogP contribution in [0.5, 0.6) is 0 Å². The van der Waals surface area contributed by atoms with Crippen molar-refractivity contribution in [2.75, 3.05) is 31.2 Å². The number of ether oxygens (including phenoxy) is 1. The summed E-state index contributed by atoms with van der Waals surface area (Å²) in [5.41, 5.74) is 2.95. The third-order valence-corrected chi connectivity index (χ3v) is 3.24. The molecule has 0 aliphatic carbocycles. The first-order valence-electron chi connectivity index (χ1n) is 6.99. The molecule has 3 rings (SSSR count). The first-order chi connectivity index (χ1) is 10.8. The lowest BCUT2D eigenvalue weighted by Gasteiger charge is -2.26. The van der Waals surface area contributed by atoms with E-state index < -0.39 is 0 Å². The number of morpholine rings is 1. The van der Waals surface area contributed by atoms with Gasteiger partial charge in [-0.15, -0.1) is 0 Å². The van der Waals surface area contributed by atoms with Gasteiger partial charge in [0.1, 0.15) is 5.76 Å². The standard InChI is InChI=1S/C15H16N4O3/c20-15(12-3-5-16-6-4-12)18-17-11-13-1-2-14(22-13)19-7-9-21-10-8-19/h1-6,11H,7-10H2,(H,18,20)/b17-11+. The second kappa shape index (κ2) is 6.86. The molecule has 0 saturated carbocycles. The van der Waals surface area contributed by atoms with Crippen LogP contribution in [0.25, 0.3) is 0 Å². The summed E-state index contributed by atoms with van der Waals surface area (Å²) in [7, 11) is 0. The van der Waals surface area contributed by atoms with Crippen LogP contribution in [0.2, 0.25) is 0 Å². The monoisotopic (exact) mass is 300 g/mol. The first kappa shape index (κ1) is 14.3. The van der Waals surface area contributed by atoms with Crippen LogP contribution in [0.1, 0.15) is 16.1 Å². The number of carbonyl (C=O) groups is 1. The molecule has 2 aromatic rings. The molecule has 0 spiro atoms. The molecular formula is C15H16N4O3. The van der Waals surface area contributed by atoms with Gasteiger partial charge < -0.3 is 14.1 Å². The van der Waals surface area contributed by atoms with Crippen molar-refractivity contribution in [1.29, 1.82) is 0 Å². The molecule has 3 heterocycles. The number of nitrogens with one attached hydrogen (secondary N) is 1. The molecule has 2 aromatic heterocycles. The Morgan fingerprint density at radius 3 is 2.77 bits per heavy atom. The topological polar surface area (TPSA) is 80.0 Å². The zero-order valence-electron chi connectivity index (χ0n) is 11.9. The molecule has 0 aromatic carbocycles. The molecule has 22 heavy (non-hydrogen) atoms. The van der Waals surface area contributed by atoms with Crippen LogP contribution in [0, 0.1) is 0 Å². The highest BCUT2D eigenvalue weighted by Gasteiger charge is 2.14. The summed E-state index contributed by atoms with van der Waals surface area (Å²) in [6.07, 6.45) is 4.59. The van der Waals surface area contributed by atoms with Crippen molar-refractivity contribution in [2.24, 2.45) is 5.10 Å². The van der Waals surface area contributed by atoms with Crippen LogP contribution in [0.15, 0.2) is 46.2 Å². The molecule has 1 aliphatic heterocycles. The third kappa shape index (κ3) is 3.50. The van der Waals surface area contributed by atoms with Crippen molar-refractivity contribution in [3.05, 3.63) is 48.0 Å². The Hall–Kier alpha value is -2.67. The van der Waals surface area contributed by atoms with Crippen LogP contribution in [0.4, 0.5) is 5.88 Å². The molecule has 0 radical (unpaired) electrons. The van der Waals surface area contributed by atoms with Crippen LogP contribution in [-0.2, 0) is 4.74 Å². The molecule has 114 valence electrons. The fraction of sp³-hybridized carbons (Fsp3) is 0.267. The SMILES string of the molecule is O=C(N/N=C/c1ccc(N2CCOCC2)o1)c1ccncc1. The number of hydrogen-bond donors (Lipinski definition) is 1. The average Bonchev–Trinajstić information content (AvgIpc) is 3.05. The van der Waals surface area contributed by atoms with Gasteiger partial charge in [0.2, 0.25) is 0 Å². The van der Waals surface area contributed by atoms with Gasteiger partial charge in [-0.05, 0) is 18.2 Å². The Morgan fingerprint density at radius 1 is 1.23 bits per heavy atom. The van der Waals surface area contributed by atoms with Crippen LogP contribution >= 0.6 is 0 Å². The summed E-state index contributed by atoms with van der Waals surface area (Å²) >= 11 is 0. The van der Waals surface area contributed by atoms with E-state index in [0.29, 0.717) is 24.5 Å². The highest BCUT2D eigenvalue weighted by molar-refractivity contribution is 5.94. The summed E-state index contributed by atoms with van der Waals surface area (Å²) in [6.45, 7) is 3.02. The minimum Gasteiger partial charge on any atom is -0.440 e. The van der Waals surface area contributed by atoms with Gasteiger partial charge in [-0.2, -0.15) is 5.10 Å². The molecule has 0 bridgehead atoms. The van der Waals surface area contributed by atoms with Crippen molar-refractivity contribution >= 4 is 18.0 Å². The molecule has 1 saturated heterocycles. The molecule has 7 heteroatoms. The smallest absolute Gasteiger partial charge is 0.271 e. The highest BCUT2D eigenvalue weighted by atomic mass is 16.5. The van der Waals surface area contributed by atoms with Gasteiger partial charge in [0.15, 0.2) is 5.88 Å². The molecule has 1 fully saturated rings. The number of pyridine rings is 1. The van der Waals surface area contributed by atoms with Crippen molar-refractivity contribution in [3.63, 3.8) is 0 Å². The number of hydrogen-bond acceptors (Lipinski definition) is 6. The van der Waals surface area contributed by atoms with Gasteiger partial charge in [0.05, 0.1) is 19.4 Å². The molecule has 7 nitrogen and oxygen atoms in total. The second-order valence-corrected chi connectivity index (χ2v) is 4.71. The Kier molecular flexibility index (Phi) is 4.45. The number of carbonyl (C=O) groups excluding carboxylic acids is 1. The Bertz CT molecular complexity index is 648. The fourth-order valence-corrected chi connectivity index (χ4v) is 2.09. The summed E-state index contributed by atoms with van der Waals surface area (Å²) in [6, 6.07) is 6.94. The number of hydrazone groups is 1. The average molecular weight is 300 g/mol. The zero-order valence-corrected chi connectivity index (χ0v) is 11.9. The molecule has 0 unspecified atom stereocenters. The first-order valence-corrected chi connectivity index (χ1v) is 6.99. The zero-order chi connectivity index (χ0) is 15.2. The Morgan fingerprint density at radius 2 is 2.00 bits per heavy atom. The highest BCUT2D eigenvalue weighted by Crippen LogP contribution is 2.18. The predicted octanol–water partition coefficient (Wildman–Crippen LogP) is 1.28. The minimum atomic E-state index is -0.293. The largest absolute Gasteiger partial charge is 0.440 e. The normalized spacial score (nSPS) is 15.2. The summed E-state index contributed by atoms with van der Waals surface area (Å²) < 4.78 is 11.0. The van der Waals surface area contributed by atoms with Gasteiger partial charge in [0.25, 0.3) is 5.91 Å². The van der Waals surface area contributed by atoms with E-state index >= 15 is 0 Å². The second-order valence-electron chi connectivity index (χ2n) is 4.71. The van der Waals surface area contributed by atoms with Gasteiger partial charge in [0, 0.05) is 37.1 Å². The van der Waals surface area contributed by atoms with E-state index in [-0.39, 0.29) is 5.91 Å². The lowest BCUT2D eigenvalue weighted by Crippen LogP contribution is -2.35. The van der Waals surface area contributed by atoms with Crippen molar-refractivity contribution in [2.45, 2.75) is 0 Å². The minimum absolute atomic E-state index is 0.293. The Labute approximate surface area is 127 Å². The maximum absolute atomic E-state index is 11.8. The summed E-state index contributed by atoms with van der Waals surface area (Å²) in [5.74, 6) is 1.07. The molecule has 1 N–H and O–H groups in total. The number of anilines is 1. The van der Waals surface area contributed by atoms with Crippen LogP contribution in [0.3, 0.4) is 0 Å². The number of amides is 1. The Balaban J connectivity index is 1.57. The van der Waals surface area contributed by atoms with Crippen LogP contribution in [-0.4, -0.2) is 43.4 Å². The van der Waals surface area contributed by atoms with E-state index in [9.17, 15) is 4.79 Å². The van der Waals surface area contributed by atoms with Gasteiger partial charge in [-0.25, -0.2) is 5.43 Å². The maximum atomic E-state index is 11.8. The molecule has 0 atom stereocenters. The van der Waals surface area contributed by atoms with Gasteiger partial charge in [-0.3, -0.25) is 9.78 Å². The van der Waals surface area contributed by atoms with E-state index in [0.717, 1.165) is 19.0 Å². The lowest BCUT2D eigenvalue weighted by molar-refractivity contribution is 0.0955. The predicted molar refractivity (Wildman–Crippen MR) is 81.0 cm³/mol. The lowest BCUT2D eigenvalue weighted by atomic mass is 10.3. The number of nitrogens with zero attached hydrogens (tertiary/aromatic N) is 3. The van der Waals surface area contributed by atoms with Crippen LogP contribution < -0.4 is 10.3 Å². The fourth-order valence-electron chi connectivity index (χ4n) is 2.09. The molecule has 1 aliphatic rings. The van der Waals surface area contributed by atoms with Crippen molar-refractivity contribution in [3.8, 4) is 0 Å². The van der Waals surface area contributed by atoms with Crippen molar-refractivity contribution < 1.29 is 13.9 Å². The number of furan rings is 1.